The fraction of sp³-hybridized carbons (Fsp3) is 0. The van der Waals surface area contributed by atoms with Crippen LogP contribution in [-0.4, -0.2) is 20.4 Å². The Hall–Kier alpha value is -3.31. The van der Waals surface area contributed by atoms with Crippen LogP contribution in [0.2, 0.25) is 0 Å². The van der Waals surface area contributed by atoms with Crippen LogP contribution >= 0.6 is 12.4 Å². The smallest absolute Gasteiger partial charge is 0.265 e. The Labute approximate surface area is 156 Å². The molecule has 0 unspecified atom stereocenters. The van der Waals surface area contributed by atoms with Gasteiger partial charge in [-0.1, -0.05) is 6.07 Å². The minimum Gasteiger partial charge on any atom is -0.508 e. The van der Waals surface area contributed by atoms with Crippen LogP contribution in [0.15, 0.2) is 85.5 Å². The molecule has 5 nitrogen and oxygen atoms in total. The zero-order chi connectivity index (χ0) is 17.2. The lowest BCUT2D eigenvalue weighted by molar-refractivity contribution is 0.100. The molecule has 3 heterocycles. The molecular weight excluding hydrogens is 350 g/mol. The molecule has 130 valence electrons. The van der Waals surface area contributed by atoms with Crippen molar-refractivity contribution in [1.82, 2.24) is 9.38 Å². The van der Waals surface area contributed by atoms with Gasteiger partial charge in [-0.3, -0.25) is 14.7 Å². The number of amides is 1. The highest BCUT2D eigenvalue weighted by Gasteiger charge is 2.22. The molecule has 0 aliphatic heterocycles. The van der Waals surface area contributed by atoms with Crippen molar-refractivity contribution >= 4 is 35.2 Å². The number of carbonyl (C=O) groups excluding carboxylic acids is 1. The topological polar surface area (TPSA) is 57.8 Å². The third kappa shape index (κ3) is 3.12. The van der Waals surface area contributed by atoms with Gasteiger partial charge in [0.25, 0.3) is 5.91 Å². The summed E-state index contributed by atoms with van der Waals surface area (Å²) in [5, 5.41) is 9.56. The maximum absolute atomic E-state index is 13.3. The van der Waals surface area contributed by atoms with Crippen molar-refractivity contribution in [2.75, 3.05) is 4.90 Å². The quantitative estimate of drug-likeness (QED) is 0.584. The molecule has 6 heteroatoms. The first-order valence-corrected chi connectivity index (χ1v) is 7.83. The Morgan fingerprint density at radius 3 is 2.31 bits per heavy atom. The maximum atomic E-state index is 13.3. The highest BCUT2D eigenvalue weighted by atomic mass is 35.5. The van der Waals surface area contributed by atoms with Crippen LogP contribution in [-0.2, 0) is 0 Å². The zero-order valence-corrected chi connectivity index (χ0v) is 14.5. The lowest BCUT2D eigenvalue weighted by Crippen LogP contribution is -2.25. The molecule has 0 radical (unpaired) electrons. The van der Waals surface area contributed by atoms with Crippen molar-refractivity contribution in [3.05, 3.63) is 91.0 Å². The van der Waals surface area contributed by atoms with E-state index < -0.39 is 0 Å². The van der Waals surface area contributed by atoms with E-state index in [4.69, 9.17) is 0 Å². The highest BCUT2D eigenvalue weighted by molar-refractivity contribution is 6.14. The summed E-state index contributed by atoms with van der Waals surface area (Å²) in [6.07, 6.45) is 7.06. The molecule has 26 heavy (non-hydrogen) atoms. The molecule has 0 spiro atoms. The van der Waals surface area contributed by atoms with E-state index in [0.717, 1.165) is 5.52 Å². The fourth-order valence-electron chi connectivity index (χ4n) is 2.83. The molecular formula is C20H16ClN3O2. The summed E-state index contributed by atoms with van der Waals surface area (Å²) in [7, 11) is 0. The second-order valence-electron chi connectivity index (χ2n) is 5.58. The summed E-state index contributed by atoms with van der Waals surface area (Å²) in [6.45, 7) is 0. The van der Waals surface area contributed by atoms with Crippen LogP contribution in [0.4, 0.5) is 11.4 Å². The van der Waals surface area contributed by atoms with Gasteiger partial charge < -0.3 is 9.51 Å². The Morgan fingerprint density at radius 2 is 1.58 bits per heavy atom. The zero-order valence-electron chi connectivity index (χ0n) is 13.7. The lowest BCUT2D eigenvalue weighted by atomic mass is 10.1. The largest absolute Gasteiger partial charge is 0.508 e. The molecule has 4 aromatic rings. The van der Waals surface area contributed by atoms with Crippen LogP contribution in [0, 0.1) is 0 Å². The molecule has 0 fully saturated rings. The Balaban J connectivity index is 0.00000196. The molecule has 0 saturated carbocycles. The van der Waals surface area contributed by atoms with Crippen molar-refractivity contribution in [3.63, 3.8) is 0 Å². The fourth-order valence-corrected chi connectivity index (χ4v) is 2.83. The van der Waals surface area contributed by atoms with E-state index in [9.17, 15) is 9.90 Å². The number of aromatic nitrogens is 2. The van der Waals surface area contributed by atoms with Crippen LogP contribution in [0.1, 0.15) is 10.4 Å². The van der Waals surface area contributed by atoms with Gasteiger partial charge in [-0.2, -0.15) is 0 Å². The van der Waals surface area contributed by atoms with E-state index in [-0.39, 0.29) is 24.1 Å². The number of anilines is 2. The predicted octanol–water partition coefficient (Wildman–Crippen LogP) is 4.44. The van der Waals surface area contributed by atoms with Gasteiger partial charge >= 0.3 is 0 Å². The minimum absolute atomic E-state index is 0. The Bertz CT molecular complexity index is 1030. The lowest BCUT2D eigenvalue weighted by Gasteiger charge is -2.22. The van der Waals surface area contributed by atoms with E-state index in [2.05, 4.69) is 4.98 Å². The average molecular weight is 366 g/mol. The van der Waals surface area contributed by atoms with Crippen molar-refractivity contribution in [1.29, 1.82) is 0 Å². The first-order chi connectivity index (χ1) is 12.2. The summed E-state index contributed by atoms with van der Waals surface area (Å²) in [4.78, 5) is 19.0. The summed E-state index contributed by atoms with van der Waals surface area (Å²) in [5.41, 5.74) is 2.82. The molecule has 0 aliphatic rings. The summed E-state index contributed by atoms with van der Waals surface area (Å²) >= 11 is 0. The summed E-state index contributed by atoms with van der Waals surface area (Å²) in [5.74, 6) is 0.00536. The second-order valence-corrected chi connectivity index (χ2v) is 5.58. The van der Waals surface area contributed by atoms with E-state index >= 15 is 0 Å². The van der Waals surface area contributed by atoms with Crippen LogP contribution in [0.3, 0.4) is 0 Å². The summed E-state index contributed by atoms with van der Waals surface area (Å²) in [6, 6.07) is 17.7. The maximum Gasteiger partial charge on any atom is 0.265 e. The van der Waals surface area contributed by atoms with Gasteiger partial charge in [-0.05, 0) is 54.6 Å². The van der Waals surface area contributed by atoms with Gasteiger partial charge in [-0.25, -0.2) is 0 Å². The van der Waals surface area contributed by atoms with Crippen molar-refractivity contribution in [2.24, 2.45) is 0 Å². The molecule has 1 amide bonds. The SMILES string of the molecule is Cl.O=C(c1ccn2ccccc12)N(c1ccncc1)c1ccc(O)cc1. The number of phenols is 1. The van der Waals surface area contributed by atoms with E-state index in [0.29, 0.717) is 16.9 Å². The van der Waals surface area contributed by atoms with Gasteiger partial charge in [0.05, 0.1) is 16.8 Å². The Morgan fingerprint density at radius 1 is 0.885 bits per heavy atom. The van der Waals surface area contributed by atoms with Gasteiger partial charge in [0, 0.05) is 30.5 Å². The molecule has 4 rings (SSSR count). The third-order valence-corrected chi connectivity index (χ3v) is 4.03. The number of halogens is 1. The van der Waals surface area contributed by atoms with Crippen molar-refractivity contribution in [3.8, 4) is 5.75 Å². The summed E-state index contributed by atoms with van der Waals surface area (Å²) < 4.78 is 1.91. The molecule has 0 saturated heterocycles. The number of nitrogens with zero attached hydrogens (tertiary/aromatic N) is 3. The van der Waals surface area contributed by atoms with Gasteiger partial charge in [0.15, 0.2) is 0 Å². The third-order valence-electron chi connectivity index (χ3n) is 4.03. The second kappa shape index (κ2) is 7.29. The first kappa shape index (κ1) is 17.5. The Kier molecular flexibility index (Phi) is 4.91. The molecule has 0 aliphatic carbocycles. The van der Waals surface area contributed by atoms with Gasteiger partial charge in [-0.15, -0.1) is 12.4 Å². The van der Waals surface area contributed by atoms with E-state index in [1.54, 1.807) is 53.7 Å². The van der Waals surface area contributed by atoms with E-state index in [1.807, 2.05) is 41.1 Å². The number of benzene rings is 1. The van der Waals surface area contributed by atoms with Crippen LogP contribution in [0.25, 0.3) is 5.52 Å². The normalized spacial score (nSPS) is 10.3. The number of fused-ring (bicyclic) bond motifs is 1. The van der Waals surface area contributed by atoms with Gasteiger partial charge in [0.1, 0.15) is 5.75 Å². The monoisotopic (exact) mass is 365 g/mol. The molecule has 0 atom stereocenters. The number of pyridine rings is 2. The highest BCUT2D eigenvalue weighted by Crippen LogP contribution is 2.29. The molecule has 1 N–H and O–H groups in total. The number of aromatic hydroxyl groups is 1. The van der Waals surface area contributed by atoms with Gasteiger partial charge in [0.2, 0.25) is 0 Å². The molecule has 0 bridgehead atoms. The van der Waals surface area contributed by atoms with Crippen LogP contribution < -0.4 is 4.90 Å². The standard InChI is InChI=1S/C20H15N3O2.ClH/c24-17-6-4-15(5-7-17)23(16-8-11-21-12-9-16)20(25)18-10-14-22-13-2-1-3-19(18)22;/h1-14,24H;1H. The predicted molar refractivity (Wildman–Crippen MR) is 103 cm³/mol. The molecule has 3 aromatic heterocycles. The molecule has 1 aromatic carbocycles. The number of hydrogen-bond donors (Lipinski definition) is 1. The first-order valence-electron chi connectivity index (χ1n) is 7.83. The number of hydrogen-bond acceptors (Lipinski definition) is 3. The van der Waals surface area contributed by atoms with Crippen molar-refractivity contribution < 1.29 is 9.90 Å². The van der Waals surface area contributed by atoms with E-state index in [1.165, 1.54) is 0 Å². The average Bonchev–Trinajstić information content (AvgIpc) is 3.08. The van der Waals surface area contributed by atoms with Crippen molar-refractivity contribution in [2.45, 2.75) is 0 Å². The number of phenolic OH excluding ortho intramolecular Hbond substituents is 1. The van der Waals surface area contributed by atoms with Crippen LogP contribution in [0.5, 0.6) is 5.75 Å². The number of rotatable bonds is 3. The number of carbonyl (C=O) groups is 1. The minimum atomic E-state index is -0.148.